The first-order valence-corrected chi connectivity index (χ1v) is 14.1. The van der Waals surface area contributed by atoms with Gasteiger partial charge < -0.3 is 4.42 Å². The quantitative estimate of drug-likeness (QED) is 0.172. The van der Waals surface area contributed by atoms with Crippen LogP contribution in [-0.2, 0) is 7.05 Å². The van der Waals surface area contributed by atoms with Crippen molar-refractivity contribution in [1.82, 2.24) is 0 Å². The minimum atomic E-state index is -2.36. The molecule has 0 aliphatic heterocycles. The Labute approximate surface area is 253 Å². The summed E-state index contributed by atoms with van der Waals surface area (Å²) in [5, 5.41) is 9.29. The Morgan fingerprint density at radius 1 is 0.571 bits per heavy atom. The van der Waals surface area contributed by atoms with Gasteiger partial charge in [-0.1, -0.05) is 54.6 Å². The molecule has 2 heteroatoms. The summed E-state index contributed by atoms with van der Waals surface area (Å²) in [4.78, 5) is 0. The highest BCUT2D eigenvalue weighted by atomic mass is 16.3. The highest BCUT2D eigenvalue weighted by Crippen LogP contribution is 2.39. The number of fused-ring (bicyclic) bond motifs is 14. The summed E-state index contributed by atoms with van der Waals surface area (Å²) in [5.74, 6) is 0. The number of aromatic nitrogens is 1. The molecule has 0 saturated heterocycles. The van der Waals surface area contributed by atoms with Gasteiger partial charge in [0.1, 0.15) is 18.2 Å². The third kappa shape index (κ3) is 3.68. The Hall–Kier alpha value is -4.95. The van der Waals surface area contributed by atoms with E-state index in [1.807, 2.05) is 67.9 Å². The molecular formula is C40H32NO+. The van der Waals surface area contributed by atoms with Gasteiger partial charge in [0.2, 0.25) is 5.52 Å². The third-order valence-corrected chi connectivity index (χ3v) is 8.79. The summed E-state index contributed by atoms with van der Waals surface area (Å²) in [6.45, 7) is -0.614. The molecule has 8 rings (SSSR count). The van der Waals surface area contributed by atoms with E-state index in [1.54, 1.807) is 18.3 Å². The molecule has 0 fully saturated rings. The molecule has 0 atom stereocenters. The first-order chi connectivity index (χ1) is 22.8. The number of pyridine rings is 1. The van der Waals surface area contributed by atoms with Gasteiger partial charge in [-0.3, -0.25) is 0 Å². The fraction of sp³-hybridized carbons (Fsp3) is 0.125. The summed E-state index contributed by atoms with van der Waals surface area (Å²) >= 11 is 0. The van der Waals surface area contributed by atoms with Crippen molar-refractivity contribution in [3.63, 3.8) is 0 Å². The molecule has 42 heavy (non-hydrogen) atoms. The molecule has 8 aromatic rings. The van der Waals surface area contributed by atoms with Crippen LogP contribution >= 0.6 is 0 Å². The van der Waals surface area contributed by atoms with Crippen molar-refractivity contribution < 1.29 is 17.2 Å². The van der Waals surface area contributed by atoms with Crippen LogP contribution in [0.2, 0.25) is 0 Å². The number of aryl methyl sites for hydroxylation is 5. The smallest absolute Gasteiger partial charge is 0.216 e. The summed E-state index contributed by atoms with van der Waals surface area (Å²) in [7, 11) is 1.86. The molecule has 0 aliphatic rings. The summed E-state index contributed by atoms with van der Waals surface area (Å²) in [6, 6.07) is 31.9. The predicted octanol–water partition coefficient (Wildman–Crippen LogP) is 10.5. The maximum atomic E-state index is 8.49. The average molecular weight is 549 g/mol. The fourth-order valence-electron chi connectivity index (χ4n) is 6.51. The number of furan rings is 1. The van der Waals surface area contributed by atoms with Gasteiger partial charge in [0.15, 0.2) is 6.20 Å². The normalized spacial score (nSPS) is 14.6. The lowest BCUT2D eigenvalue weighted by Crippen LogP contribution is -2.28. The minimum absolute atomic E-state index is 0.239. The first kappa shape index (κ1) is 19.2. The Kier molecular flexibility index (Phi) is 4.13. The molecule has 202 valence electrons. The topological polar surface area (TPSA) is 17.0 Å². The highest BCUT2D eigenvalue weighted by molar-refractivity contribution is 6.20. The second kappa shape index (κ2) is 9.03. The lowest BCUT2D eigenvalue weighted by molar-refractivity contribution is -0.645. The molecule has 5 aromatic carbocycles. The zero-order valence-corrected chi connectivity index (χ0v) is 23.7. The standard InChI is InChI=1S/C40H32NO/c1-23-15-34-32-14-8-12-30(20-32)28-10-6-9-27(18-28)29-11-7-13-31(19-29)33-21-37(41(5)22-25(33)3)38-26(4)24(2)17-36-35(16-23)39(34)42-40(36)38/h6-22H,1-5H3/q+1/i1D3,3D3. The largest absolute Gasteiger partial charge is 0.454 e. The Balaban J connectivity index is 1.74. The first-order valence-electron chi connectivity index (χ1n) is 17.1. The van der Waals surface area contributed by atoms with Crippen LogP contribution in [0.1, 0.15) is 30.5 Å². The molecule has 0 spiro atoms. The van der Waals surface area contributed by atoms with Gasteiger partial charge in [0.05, 0.1) is 5.39 Å². The fourth-order valence-corrected chi connectivity index (χ4v) is 6.51. The summed E-state index contributed by atoms with van der Waals surface area (Å²) in [6.07, 6.45) is 1.71. The van der Waals surface area contributed by atoms with Gasteiger partial charge >= 0.3 is 0 Å². The van der Waals surface area contributed by atoms with E-state index >= 15 is 0 Å². The molecule has 0 amide bonds. The van der Waals surface area contributed by atoms with Crippen molar-refractivity contribution in [3.8, 4) is 0 Å². The maximum Gasteiger partial charge on any atom is 0.216 e. The van der Waals surface area contributed by atoms with Gasteiger partial charge in [-0.2, -0.15) is 0 Å². The van der Waals surface area contributed by atoms with Crippen LogP contribution in [0, 0.1) is 27.6 Å². The molecule has 0 saturated carbocycles. The van der Waals surface area contributed by atoms with Crippen molar-refractivity contribution >= 4 is 75.9 Å². The Bertz CT molecular complexity index is 2740. The van der Waals surface area contributed by atoms with Gasteiger partial charge in [0.25, 0.3) is 0 Å². The molecule has 0 unspecified atom stereocenters. The molecule has 3 aromatic heterocycles. The molecule has 0 N–H and O–H groups in total. The van der Waals surface area contributed by atoms with Crippen LogP contribution in [0.25, 0.3) is 75.9 Å². The third-order valence-electron chi connectivity index (χ3n) is 8.79. The monoisotopic (exact) mass is 548 g/mol. The van der Waals surface area contributed by atoms with E-state index in [1.165, 1.54) is 0 Å². The predicted molar refractivity (Wildman–Crippen MR) is 179 cm³/mol. The Morgan fingerprint density at radius 2 is 1.14 bits per heavy atom. The van der Waals surface area contributed by atoms with Crippen molar-refractivity contribution in [3.05, 3.63) is 126 Å². The number of hydrogen-bond donors (Lipinski definition) is 0. The molecule has 3 heterocycles. The van der Waals surface area contributed by atoms with Crippen LogP contribution in [-0.4, -0.2) is 0 Å². The highest BCUT2D eigenvalue weighted by Gasteiger charge is 2.19. The number of nitrogens with zero attached hydrogens (tertiary/aromatic N) is 1. The van der Waals surface area contributed by atoms with Gasteiger partial charge in [-0.05, 0) is 118 Å². The molecule has 2 nitrogen and oxygen atoms in total. The van der Waals surface area contributed by atoms with E-state index in [4.69, 9.17) is 12.6 Å². The van der Waals surface area contributed by atoms with Gasteiger partial charge in [0, 0.05) is 36.0 Å². The van der Waals surface area contributed by atoms with Crippen molar-refractivity contribution in [1.29, 1.82) is 0 Å². The maximum absolute atomic E-state index is 8.49. The van der Waals surface area contributed by atoms with Gasteiger partial charge in [-0.25, -0.2) is 4.57 Å². The molecule has 10 bridgehead atoms. The van der Waals surface area contributed by atoms with Crippen LogP contribution < -0.4 is 4.57 Å². The van der Waals surface area contributed by atoms with E-state index in [0.29, 0.717) is 21.9 Å². The second-order valence-corrected chi connectivity index (χ2v) is 11.4. The number of rotatable bonds is 0. The second-order valence-electron chi connectivity index (χ2n) is 11.4. The van der Waals surface area contributed by atoms with E-state index in [2.05, 4.69) is 42.5 Å². The van der Waals surface area contributed by atoms with Crippen molar-refractivity contribution in [2.75, 3.05) is 0 Å². The lowest BCUT2D eigenvalue weighted by Gasteiger charge is -2.06. The molecule has 0 radical (unpaired) electrons. The Morgan fingerprint density at radius 3 is 1.79 bits per heavy atom. The van der Waals surface area contributed by atoms with E-state index < -0.39 is 13.7 Å². The molecular weight excluding hydrogens is 510 g/mol. The SMILES string of the molecule is [2H]C([2H])([2H])c1cc2c3cccc(c3)c3cccc(c3)c3cccc(c3)c3cc(c4c(C)c(C)cc5c(c1)c2oc54)[n+](C)cc3C([2H])([2H])[2H]. The molecule has 0 aliphatic carbocycles. The van der Waals surface area contributed by atoms with Crippen LogP contribution in [0.15, 0.2) is 108 Å². The number of benzene rings is 5. The zero-order valence-electron chi connectivity index (χ0n) is 29.7. The van der Waals surface area contributed by atoms with Crippen molar-refractivity contribution in [2.45, 2.75) is 27.6 Å². The van der Waals surface area contributed by atoms with E-state index in [-0.39, 0.29) is 11.1 Å². The average Bonchev–Trinajstić information content (AvgIpc) is 3.42. The minimum Gasteiger partial charge on any atom is -0.454 e. The van der Waals surface area contributed by atoms with Crippen LogP contribution in [0.3, 0.4) is 0 Å². The van der Waals surface area contributed by atoms with Crippen LogP contribution in [0.5, 0.6) is 0 Å². The van der Waals surface area contributed by atoms with Crippen LogP contribution in [0.4, 0.5) is 0 Å². The van der Waals surface area contributed by atoms with Gasteiger partial charge in [-0.15, -0.1) is 0 Å². The summed E-state index contributed by atoms with van der Waals surface area (Å²) < 4.78 is 59.3. The lowest BCUT2D eigenvalue weighted by atomic mass is 9.98. The summed E-state index contributed by atoms with van der Waals surface area (Å²) in [5.41, 5.74) is 4.52. The van der Waals surface area contributed by atoms with E-state index in [0.717, 1.165) is 65.1 Å². The number of hydrogen-bond acceptors (Lipinski definition) is 1. The van der Waals surface area contributed by atoms with Crippen molar-refractivity contribution in [2.24, 2.45) is 7.05 Å². The van der Waals surface area contributed by atoms with E-state index in [9.17, 15) is 0 Å². The zero-order chi connectivity index (χ0) is 33.7.